The van der Waals surface area contributed by atoms with Gasteiger partial charge in [0, 0.05) is 13.6 Å². The zero-order valence-electron chi connectivity index (χ0n) is 20.4. The number of aromatic hydroxyl groups is 1. The molecule has 0 aliphatic rings. The molecule has 8 heteroatoms. The van der Waals surface area contributed by atoms with Crippen molar-refractivity contribution in [3.63, 3.8) is 0 Å². The second kappa shape index (κ2) is 12.3. The second-order valence-electron chi connectivity index (χ2n) is 9.10. The van der Waals surface area contributed by atoms with Gasteiger partial charge in [0.25, 0.3) is 0 Å². The van der Waals surface area contributed by atoms with Crippen LogP contribution < -0.4 is 10.6 Å². The van der Waals surface area contributed by atoms with Gasteiger partial charge < -0.3 is 25.4 Å². The van der Waals surface area contributed by atoms with E-state index in [-0.39, 0.29) is 17.6 Å². The molecule has 0 saturated carbocycles. The van der Waals surface area contributed by atoms with Crippen LogP contribution in [0, 0.1) is 5.92 Å². The molecule has 1 aromatic carbocycles. The highest BCUT2D eigenvalue weighted by Gasteiger charge is 2.36. The van der Waals surface area contributed by atoms with Gasteiger partial charge in [-0.05, 0) is 50.8 Å². The van der Waals surface area contributed by atoms with Crippen LogP contribution in [-0.4, -0.2) is 53.1 Å². The Hall–Kier alpha value is -2.77. The minimum absolute atomic E-state index is 0.0666. The van der Waals surface area contributed by atoms with Gasteiger partial charge in [0.2, 0.25) is 11.8 Å². The average molecular weight is 450 g/mol. The molecule has 1 rings (SSSR count). The number of amides is 3. The first kappa shape index (κ1) is 27.3. The lowest BCUT2D eigenvalue weighted by atomic mass is 9.96. The maximum Gasteiger partial charge on any atom is 0.408 e. The molecule has 0 heterocycles. The molecule has 3 amide bonds. The third-order valence-corrected chi connectivity index (χ3v) is 5.17. The number of carbonyl (C=O) groups is 3. The number of unbranched alkanes of at least 4 members (excludes halogenated alkanes) is 1. The highest BCUT2D eigenvalue weighted by molar-refractivity contribution is 5.92. The van der Waals surface area contributed by atoms with Crippen LogP contribution >= 0.6 is 0 Å². The van der Waals surface area contributed by atoms with Gasteiger partial charge in [0.1, 0.15) is 23.4 Å². The normalized spacial score (nSPS) is 14.1. The molecule has 0 fully saturated rings. The van der Waals surface area contributed by atoms with Crippen LogP contribution in [0.2, 0.25) is 0 Å². The first-order chi connectivity index (χ1) is 14.9. The molecule has 0 radical (unpaired) electrons. The molecular formula is C24H39N3O5. The van der Waals surface area contributed by atoms with Crippen molar-refractivity contribution in [1.29, 1.82) is 0 Å². The number of benzene rings is 1. The van der Waals surface area contributed by atoms with Gasteiger partial charge in [0.05, 0.1) is 0 Å². The Balaban J connectivity index is 3.20. The zero-order chi connectivity index (χ0) is 24.5. The maximum absolute atomic E-state index is 13.5. The highest BCUT2D eigenvalue weighted by Crippen LogP contribution is 2.24. The van der Waals surface area contributed by atoms with E-state index in [9.17, 15) is 19.5 Å². The van der Waals surface area contributed by atoms with Gasteiger partial charge in [-0.25, -0.2) is 4.79 Å². The average Bonchev–Trinajstić information content (AvgIpc) is 2.71. The van der Waals surface area contributed by atoms with Gasteiger partial charge in [-0.1, -0.05) is 45.7 Å². The van der Waals surface area contributed by atoms with Crippen molar-refractivity contribution < 1.29 is 24.2 Å². The molecule has 0 aliphatic heterocycles. The summed E-state index contributed by atoms with van der Waals surface area (Å²) in [4.78, 5) is 40.3. The summed E-state index contributed by atoms with van der Waals surface area (Å²) >= 11 is 0. The quantitative estimate of drug-likeness (QED) is 0.472. The SMILES string of the molecule is CCCCNC(=O)C(c1ccc(O)cc1)N(C)C(=O)C(NC(=O)OC(C)(C)C)C(C)CC. The summed E-state index contributed by atoms with van der Waals surface area (Å²) in [5, 5.41) is 15.2. The summed E-state index contributed by atoms with van der Waals surface area (Å²) < 4.78 is 5.34. The monoisotopic (exact) mass is 449 g/mol. The molecule has 32 heavy (non-hydrogen) atoms. The number of phenols is 1. The Labute approximate surface area is 191 Å². The lowest BCUT2D eigenvalue weighted by Crippen LogP contribution is -2.54. The van der Waals surface area contributed by atoms with E-state index in [2.05, 4.69) is 10.6 Å². The number of hydrogen-bond donors (Lipinski definition) is 3. The van der Waals surface area contributed by atoms with E-state index in [4.69, 9.17) is 4.74 Å². The smallest absolute Gasteiger partial charge is 0.408 e. The number of nitrogens with zero attached hydrogens (tertiary/aromatic N) is 1. The fourth-order valence-corrected chi connectivity index (χ4v) is 3.16. The van der Waals surface area contributed by atoms with Crippen molar-refractivity contribution in [2.45, 2.75) is 78.5 Å². The number of likely N-dealkylation sites (N-methyl/N-ethyl adjacent to an activating group) is 1. The Morgan fingerprint density at radius 3 is 2.22 bits per heavy atom. The Morgan fingerprint density at radius 1 is 1.12 bits per heavy atom. The van der Waals surface area contributed by atoms with Crippen molar-refractivity contribution in [2.24, 2.45) is 5.92 Å². The molecule has 3 unspecified atom stereocenters. The Morgan fingerprint density at radius 2 is 1.72 bits per heavy atom. The number of phenolic OH excluding ortho intramolecular Hbond substituents is 1. The Bertz CT molecular complexity index is 758. The summed E-state index contributed by atoms with van der Waals surface area (Å²) in [7, 11) is 1.55. The molecule has 0 bridgehead atoms. The lowest BCUT2D eigenvalue weighted by Gasteiger charge is -2.33. The van der Waals surface area contributed by atoms with Crippen LogP contribution in [0.25, 0.3) is 0 Å². The molecule has 0 aliphatic carbocycles. The van der Waals surface area contributed by atoms with Crippen molar-refractivity contribution in [1.82, 2.24) is 15.5 Å². The van der Waals surface area contributed by atoms with Gasteiger partial charge in [-0.3, -0.25) is 9.59 Å². The topological polar surface area (TPSA) is 108 Å². The third-order valence-electron chi connectivity index (χ3n) is 5.17. The van der Waals surface area contributed by atoms with E-state index < -0.39 is 29.7 Å². The lowest BCUT2D eigenvalue weighted by molar-refractivity contribution is -0.141. The number of nitrogens with one attached hydrogen (secondary N) is 2. The standard InChI is InChI=1S/C24H39N3O5/c1-8-10-15-25-21(29)20(17-11-13-18(28)14-12-17)27(7)22(30)19(16(3)9-2)26-23(31)32-24(4,5)6/h11-14,16,19-20,28H,8-10,15H2,1-7H3,(H,25,29)(H,26,31). The molecule has 8 nitrogen and oxygen atoms in total. The van der Waals surface area contributed by atoms with E-state index in [1.54, 1.807) is 40.0 Å². The first-order valence-corrected chi connectivity index (χ1v) is 11.2. The molecule has 3 atom stereocenters. The van der Waals surface area contributed by atoms with Crippen LogP contribution in [0.1, 0.15) is 72.4 Å². The van der Waals surface area contributed by atoms with Crippen LogP contribution in [0.5, 0.6) is 5.75 Å². The van der Waals surface area contributed by atoms with Gasteiger partial charge in [-0.15, -0.1) is 0 Å². The molecule has 0 spiro atoms. The first-order valence-electron chi connectivity index (χ1n) is 11.2. The van der Waals surface area contributed by atoms with Gasteiger partial charge in [0.15, 0.2) is 0 Å². The van der Waals surface area contributed by atoms with Crippen molar-refractivity contribution >= 4 is 17.9 Å². The van der Waals surface area contributed by atoms with E-state index in [0.717, 1.165) is 12.8 Å². The predicted molar refractivity (Wildman–Crippen MR) is 124 cm³/mol. The van der Waals surface area contributed by atoms with E-state index in [0.29, 0.717) is 18.5 Å². The molecule has 180 valence electrons. The van der Waals surface area contributed by atoms with Gasteiger partial charge in [-0.2, -0.15) is 0 Å². The largest absolute Gasteiger partial charge is 0.508 e. The third kappa shape index (κ3) is 8.40. The number of rotatable bonds is 10. The van der Waals surface area contributed by atoms with Crippen LogP contribution in [-0.2, 0) is 14.3 Å². The molecule has 0 saturated heterocycles. The van der Waals surface area contributed by atoms with E-state index in [1.807, 2.05) is 20.8 Å². The summed E-state index contributed by atoms with van der Waals surface area (Å²) in [6.07, 6.45) is 1.71. The molecule has 1 aromatic rings. The number of carbonyl (C=O) groups excluding carboxylic acids is 3. The molecule has 0 aromatic heterocycles. The van der Waals surface area contributed by atoms with Crippen LogP contribution in [0.4, 0.5) is 4.79 Å². The van der Waals surface area contributed by atoms with Crippen molar-refractivity contribution in [3.05, 3.63) is 29.8 Å². The van der Waals surface area contributed by atoms with Gasteiger partial charge >= 0.3 is 6.09 Å². The summed E-state index contributed by atoms with van der Waals surface area (Å²) in [5.74, 6) is -0.827. The van der Waals surface area contributed by atoms with Crippen molar-refractivity contribution in [2.75, 3.05) is 13.6 Å². The summed E-state index contributed by atoms with van der Waals surface area (Å²) in [6.45, 7) is 11.6. The summed E-state index contributed by atoms with van der Waals surface area (Å²) in [5.41, 5.74) is -0.139. The zero-order valence-corrected chi connectivity index (χ0v) is 20.4. The van der Waals surface area contributed by atoms with Crippen LogP contribution in [0.3, 0.4) is 0 Å². The van der Waals surface area contributed by atoms with Crippen LogP contribution in [0.15, 0.2) is 24.3 Å². The predicted octanol–water partition coefficient (Wildman–Crippen LogP) is 3.75. The molecular weight excluding hydrogens is 410 g/mol. The number of alkyl carbamates (subject to hydrolysis) is 1. The Kier molecular flexibility index (Phi) is 10.5. The number of ether oxygens (including phenoxy) is 1. The maximum atomic E-state index is 13.5. The summed E-state index contributed by atoms with van der Waals surface area (Å²) in [6, 6.07) is 4.41. The second-order valence-corrected chi connectivity index (χ2v) is 9.10. The number of hydrogen-bond acceptors (Lipinski definition) is 5. The highest BCUT2D eigenvalue weighted by atomic mass is 16.6. The van der Waals surface area contributed by atoms with E-state index >= 15 is 0 Å². The van der Waals surface area contributed by atoms with Crippen molar-refractivity contribution in [3.8, 4) is 5.75 Å². The minimum atomic E-state index is -0.910. The fraction of sp³-hybridized carbons (Fsp3) is 0.625. The van der Waals surface area contributed by atoms with E-state index in [1.165, 1.54) is 17.0 Å². The minimum Gasteiger partial charge on any atom is -0.508 e. The molecule has 3 N–H and O–H groups in total. The fourth-order valence-electron chi connectivity index (χ4n) is 3.16.